The van der Waals surface area contributed by atoms with Crippen LogP contribution in [0.4, 0.5) is 8.78 Å². The number of amides is 1. The van der Waals surface area contributed by atoms with Gasteiger partial charge in [0.25, 0.3) is 0 Å². The van der Waals surface area contributed by atoms with Gasteiger partial charge in [0.2, 0.25) is 5.91 Å². The van der Waals surface area contributed by atoms with Gasteiger partial charge >= 0.3 is 0 Å². The van der Waals surface area contributed by atoms with Gasteiger partial charge in [-0.3, -0.25) is 4.79 Å². The Bertz CT molecular complexity index is 491. The van der Waals surface area contributed by atoms with Gasteiger partial charge < -0.3 is 10.2 Å². The van der Waals surface area contributed by atoms with Crippen LogP contribution < -0.4 is 10.2 Å². The molecule has 0 atom stereocenters. The molecule has 1 aromatic rings. The first-order valence-electron chi connectivity index (χ1n) is 7.29. The molecule has 2 N–H and O–H groups in total. The van der Waals surface area contributed by atoms with Gasteiger partial charge in [0.15, 0.2) is 0 Å². The van der Waals surface area contributed by atoms with Crippen molar-refractivity contribution in [2.24, 2.45) is 0 Å². The Morgan fingerprint density at radius 3 is 2.71 bits per heavy atom. The fourth-order valence-electron chi connectivity index (χ4n) is 2.53. The summed E-state index contributed by atoms with van der Waals surface area (Å²) in [5.74, 6) is -1.16. The van der Waals surface area contributed by atoms with Gasteiger partial charge in [-0.1, -0.05) is 0 Å². The largest absolute Gasteiger partial charge is 0.352 e. The minimum absolute atomic E-state index is 0.0892. The van der Waals surface area contributed by atoms with E-state index < -0.39 is 11.6 Å². The van der Waals surface area contributed by atoms with Gasteiger partial charge in [-0.05, 0) is 19.1 Å². The van der Waals surface area contributed by atoms with Crippen molar-refractivity contribution in [3.8, 4) is 0 Å². The summed E-state index contributed by atoms with van der Waals surface area (Å²) >= 11 is 1.10. The fraction of sp³-hybridized carbons (Fsp3) is 0.533. The second-order valence-corrected chi connectivity index (χ2v) is 6.33. The van der Waals surface area contributed by atoms with Crippen LogP contribution in [0.2, 0.25) is 0 Å². The van der Waals surface area contributed by atoms with Crippen molar-refractivity contribution >= 4 is 17.7 Å². The molecule has 21 heavy (non-hydrogen) atoms. The van der Waals surface area contributed by atoms with Gasteiger partial charge in [0, 0.05) is 29.8 Å². The number of likely N-dealkylation sites (tertiary alicyclic amines) is 1. The van der Waals surface area contributed by atoms with Crippen molar-refractivity contribution in [1.29, 1.82) is 0 Å². The Balaban J connectivity index is 1.75. The molecule has 1 aromatic carbocycles. The van der Waals surface area contributed by atoms with Crippen LogP contribution in [-0.4, -0.2) is 37.3 Å². The Labute approximate surface area is 128 Å². The molecule has 116 valence electrons. The summed E-state index contributed by atoms with van der Waals surface area (Å²) in [7, 11) is 0. The minimum Gasteiger partial charge on any atom is -0.352 e. The van der Waals surface area contributed by atoms with Gasteiger partial charge in [0.1, 0.15) is 11.6 Å². The number of rotatable bonds is 5. The maximum atomic E-state index is 13.4. The molecule has 0 aromatic heterocycles. The number of benzene rings is 1. The van der Waals surface area contributed by atoms with Crippen LogP contribution in [0.3, 0.4) is 0 Å². The van der Waals surface area contributed by atoms with Crippen LogP contribution >= 0.6 is 11.8 Å². The lowest BCUT2D eigenvalue weighted by Gasteiger charge is -2.28. The van der Waals surface area contributed by atoms with Crippen LogP contribution in [0, 0.1) is 11.6 Å². The number of hydrogen-bond acceptors (Lipinski definition) is 2. The molecule has 3 nitrogen and oxygen atoms in total. The topological polar surface area (TPSA) is 33.5 Å². The van der Waals surface area contributed by atoms with E-state index in [9.17, 15) is 13.6 Å². The fourth-order valence-corrected chi connectivity index (χ4v) is 3.26. The highest BCUT2D eigenvalue weighted by Gasteiger charge is 2.22. The summed E-state index contributed by atoms with van der Waals surface area (Å²) < 4.78 is 26.2. The minimum atomic E-state index is -0.618. The monoisotopic (exact) mass is 315 g/mol. The van der Waals surface area contributed by atoms with Gasteiger partial charge in [0.05, 0.1) is 25.4 Å². The molecule has 0 unspecified atom stereocenters. The molecule has 1 aliphatic rings. The molecule has 1 aliphatic heterocycles. The SMILES string of the molecule is CC[NH+]1CCC(NC(=O)CSc2ccc(F)cc2F)CC1. The zero-order valence-electron chi connectivity index (χ0n) is 12.1. The van der Waals surface area contributed by atoms with Crippen molar-refractivity contribution in [2.45, 2.75) is 30.7 Å². The second kappa shape index (κ2) is 7.75. The molecule has 1 fully saturated rings. The van der Waals surface area contributed by atoms with Crippen molar-refractivity contribution in [2.75, 3.05) is 25.4 Å². The van der Waals surface area contributed by atoms with Gasteiger partial charge in [-0.2, -0.15) is 0 Å². The second-order valence-electron chi connectivity index (χ2n) is 5.31. The smallest absolute Gasteiger partial charge is 0.230 e. The molecule has 0 radical (unpaired) electrons. The van der Waals surface area contributed by atoms with E-state index in [-0.39, 0.29) is 17.7 Å². The first-order chi connectivity index (χ1) is 10.1. The lowest BCUT2D eigenvalue weighted by atomic mass is 10.1. The highest BCUT2D eigenvalue weighted by molar-refractivity contribution is 8.00. The maximum Gasteiger partial charge on any atom is 0.230 e. The quantitative estimate of drug-likeness (QED) is 0.802. The van der Waals surface area contributed by atoms with E-state index in [1.807, 2.05) is 0 Å². The average molecular weight is 315 g/mol. The molecule has 2 rings (SSSR count). The van der Waals surface area contributed by atoms with E-state index in [2.05, 4.69) is 12.2 Å². The molecule has 1 amide bonds. The number of carbonyl (C=O) groups is 1. The van der Waals surface area contributed by atoms with Gasteiger partial charge in [-0.25, -0.2) is 8.78 Å². The van der Waals surface area contributed by atoms with Crippen LogP contribution in [-0.2, 0) is 4.79 Å². The van der Waals surface area contributed by atoms with Crippen molar-refractivity contribution in [3.05, 3.63) is 29.8 Å². The Hall–Kier alpha value is -1.14. The van der Waals surface area contributed by atoms with Crippen LogP contribution in [0.5, 0.6) is 0 Å². The Morgan fingerprint density at radius 1 is 1.38 bits per heavy atom. The third-order valence-corrected chi connectivity index (χ3v) is 4.86. The zero-order valence-corrected chi connectivity index (χ0v) is 12.9. The molecule has 0 spiro atoms. The Morgan fingerprint density at radius 2 is 2.10 bits per heavy atom. The molecular weight excluding hydrogens is 294 g/mol. The van der Waals surface area contributed by atoms with E-state index in [0.717, 1.165) is 50.3 Å². The molecule has 1 saturated heterocycles. The summed E-state index contributed by atoms with van der Waals surface area (Å²) in [4.78, 5) is 13.8. The third kappa shape index (κ3) is 4.97. The van der Waals surface area contributed by atoms with Crippen LogP contribution in [0.25, 0.3) is 0 Å². The summed E-state index contributed by atoms with van der Waals surface area (Å²) in [6.07, 6.45) is 1.98. The molecule has 0 saturated carbocycles. The lowest BCUT2D eigenvalue weighted by molar-refractivity contribution is -0.903. The number of quaternary nitrogens is 1. The highest BCUT2D eigenvalue weighted by atomic mass is 32.2. The molecule has 1 heterocycles. The standard InChI is InChI=1S/C15H20F2N2OS/c1-2-19-7-5-12(6-8-19)18-15(20)10-21-14-4-3-11(16)9-13(14)17/h3-4,9,12H,2,5-8,10H2,1H3,(H,18,20)/p+1. The molecule has 0 aliphatic carbocycles. The van der Waals surface area contributed by atoms with E-state index >= 15 is 0 Å². The molecule has 0 bridgehead atoms. The number of carbonyl (C=O) groups excluding carboxylic acids is 1. The first-order valence-corrected chi connectivity index (χ1v) is 8.28. The summed E-state index contributed by atoms with van der Waals surface area (Å²) in [5, 5.41) is 2.99. The number of thioether (sulfide) groups is 1. The molecule has 6 heteroatoms. The van der Waals surface area contributed by atoms with E-state index in [1.165, 1.54) is 12.1 Å². The highest BCUT2D eigenvalue weighted by Crippen LogP contribution is 2.22. The van der Waals surface area contributed by atoms with Crippen molar-refractivity contribution in [1.82, 2.24) is 5.32 Å². The van der Waals surface area contributed by atoms with E-state index in [0.29, 0.717) is 4.90 Å². The number of nitrogens with one attached hydrogen (secondary N) is 2. The number of piperidine rings is 1. The number of hydrogen-bond donors (Lipinski definition) is 2. The maximum absolute atomic E-state index is 13.4. The Kier molecular flexibility index (Phi) is 5.99. The lowest BCUT2D eigenvalue weighted by Crippen LogP contribution is -3.13. The average Bonchev–Trinajstić information content (AvgIpc) is 2.47. The zero-order chi connectivity index (χ0) is 15.2. The first kappa shape index (κ1) is 16.2. The third-order valence-electron chi connectivity index (χ3n) is 3.81. The van der Waals surface area contributed by atoms with Crippen molar-refractivity contribution < 1.29 is 18.5 Å². The van der Waals surface area contributed by atoms with Gasteiger partial charge in [-0.15, -0.1) is 11.8 Å². The van der Waals surface area contributed by atoms with Crippen LogP contribution in [0.15, 0.2) is 23.1 Å². The summed E-state index contributed by atoms with van der Waals surface area (Å²) in [6.45, 7) is 5.46. The number of halogens is 2. The molecular formula is C15H21F2N2OS+. The summed E-state index contributed by atoms with van der Waals surface area (Å²) in [6, 6.07) is 3.63. The normalized spacial score (nSPS) is 22.0. The van der Waals surface area contributed by atoms with E-state index in [1.54, 1.807) is 4.90 Å². The van der Waals surface area contributed by atoms with Crippen LogP contribution in [0.1, 0.15) is 19.8 Å². The summed E-state index contributed by atoms with van der Waals surface area (Å²) in [5.41, 5.74) is 0. The van der Waals surface area contributed by atoms with E-state index in [4.69, 9.17) is 0 Å². The van der Waals surface area contributed by atoms with Crippen molar-refractivity contribution in [3.63, 3.8) is 0 Å². The predicted octanol–water partition coefficient (Wildman–Crippen LogP) is 1.24. The predicted molar refractivity (Wildman–Crippen MR) is 79.5 cm³/mol.